The molecule has 7 atom stereocenters. The molecule has 0 bridgehead atoms. The van der Waals surface area contributed by atoms with Gasteiger partial charge in [0, 0.05) is 17.9 Å². The highest BCUT2D eigenvalue weighted by Crippen LogP contribution is 2.67. The van der Waals surface area contributed by atoms with Crippen LogP contribution in [-0.2, 0) is 25.6 Å². The van der Waals surface area contributed by atoms with Gasteiger partial charge < -0.3 is 25.1 Å². The van der Waals surface area contributed by atoms with E-state index in [1.54, 1.807) is 0 Å². The van der Waals surface area contributed by atoms with Crippen molar-refractivity contribution in [1.82, 2.24) is 5.32 Å². The Balaban J connectivity index is 1.20. The number of methoxy groups -OCH3 is 1. The third kappa shape index (κ3) is 5.45. The molecule has 3 fully saturated rings. The van der Waals surface area contributed by atoms with Gasteiger partial charge >= 0.3 is 11.7 Å². The summed E-state index contributed by atoms with van der Waals surface area (Å²) in [5, 5.41) is 38.9. The molecule has 0 spiro atoms. The fourth-order valence-electron chi connectivity index (χ4n) is 8.72. The number of aromatic hydroxyl groups is 1. The number of nitrogens with one attached hydrogen (secondary N) is 1. The molecule has 5 rings (SSSR count). The Morgan fingerprint density at radius 1 is 1.20 bits per heavy atom. The molecule has 3 N–H and O–H groups in total. The zero-order valence-electron chi connectivity index (χ0n) is 25.5. The molecule has 0 unspecified atom stereocenters. The molecule has 4 aliphatic carbocycles. The van der Waals surface area contributed by atoms with Crippen LogP contribution in [0.2, 0.25) is 0 Å². The number of hydrogen-bond donors (Lipinski definition) is 3. The molecule has 1 aromatic carbocycles. The van der Waals surface area contributed by atoms with Crippen molar-refractivity contribution in [2.45, 2.75) is 83.3 Å². The first-order valence-corrected chi connectivity index (χ1v) is 15.3. The van der Waals surface area contributed by atoms with E-state index in [9.17, 15) is 29.9 Å². The average molecular weight is 608 g/mol. The lowest BCUT2D eigenvalue weighted by molar-refractivity contribution is -0.385. The van der Waals surface area contributed by atoms with Crippen molar-refractivity contribution in [3.8, 4) is 18.1 Å². The number of allylic oxidation sites excluding steroid dienone is 2. The summed E-state index contributed by atoms with van der Waals surface area (Å²) in [5.74, 6) is 2.41. The van der Waals surface area contributed by atoms with Gasteiger partial charge in [-0.1, -0.05) is 36.6 Å². The average Bonchev–Trinajstić information content (AvgIpc) is 3.27. The zero-order valence-corrected chi connectivity index (χ0v) is 25.5. The smallest absolute Gasteiger partial charge is 0.328 e. The minimum Gasteiger partial charge on any atom is -0.502 e. The van der Waals surface area contributed by atoms with E-state index in [1.165, 1.54) is 18.7 Å². The van der Waals surface area contributed by atoms with Gasteiger partial charge in [0.25, 0.3) is 5.91 Å². The number of phenolic OH excluding ortho intramolecular Hbond substituents is 1. The summed E-state index contributed by atoms with van der Waals surface area (Å²) >= 11 is 0. The number of nitro benzene ring substituents is 1. The fraction of sp³-hybridized carbons (Fsp3) is 0.606. The highest BCUT2D eigenvalue weighted by atomic mass is 16.6. The summed E-state index contributed by atoms with van der Waals surface area (Å²) in [5.41, 5.74) is 0.796. The molecule has 1 aromatic rings. The number of phenols is 1. The van der Waals surface area contributed by atoms with Crippen molar-refractivity contribution >= 4 is 23.3 Å². The SMILES string of the molecule is C#C[C@@]1(O)CC[C@@H]2[C@@H]3CCC4=C/C(=N/OCC(=O)N[C@@H](Cc5ccc(O)c([N+](=O)[O-])c5)C(=O)OC)CC[C@]4(C)[C@H]3CC[C@@]21C. The number of ether oxygens (including phenoxy) is 1. The monoisotopic (exact) mass is 607 g/mol. The van der Waals surface area contributed by atoms with Crippen LogP contribution in [0, 0.1) is 51.0 Å². The van der Waals surface area contributed by atoms with Gasteiger partial charge in [0.2, 0.25) is 0 Å². The van der Waals surface area contributed by atoms with Crippen molar-refractivity contribution in [3.63, 3.8) is 0 Å². The number of hydrogen-bond acceptors (Lipinski definition) is 9. The number of carbonyl (C=O) groups excluding carboxylic acids is 2. The van der Waals surface area contributed by atoms with Crippen molar-refractivity contribution in [1.29, 1.82) is 0 Å². The fourth-order valence-corrected chi connectivity index (χ4v) is 8.72. The number of terminal acetylenes is 1. The minimum atomic E-state index is -1.12. The van der Waals surface area contributed by atoms with Crippen LogP contribution >= 0.6 is 0 Å². The van der Waals surface area contributed by atoms with E-state index in [0.29, 0.717) is 36.2 Å². The van der Waals surface area contributed by atoms with Crippen molar-refractivity contribution in [2.75, 3.05) is 13.7 Å². The number of benzene rings is 1. The van der Waals surface area contributed by atoms with Crippen LogP contribution in [0.5, 0.6) is 5.75 Å². The largest absolute Gasteiger partial charge is 0.502 e. The molecule has 3 saturated carbocycles. The van der Waals surface area contributed by atoms with E-state index in [0.717, 1.165) is 56.4 Å². The number of fused-ring (bicyclic) bond motifs is 5. The Kier molecular flexibility index (Phi) is 8.51. The highest BCUT2D eigenvalue weighted by molar-refractivity contribution is 5.96. The van der Waals surface area contributed by atoms with E-state index >= 15 is 0 Å². The number of oxime groups is 1. The van der Waals surface area contributed by atoms with Crippen molar-refractivity contribution in [3.05, 3.63) is 45.5 Å². The molecule has 11 heteroatoms. The number of nitrogens with zero attached hydrogens (tertiary/aromatic N) is 2. The van der Waals surface area contributed by atoms with E-state index in [4.69, 9.17) is 16.0 Å². The van der Waals surface area contributed by atoms with Gasteiger partial charge in [-0.3, -0.25) is 14.9 Å². The molecule has 44 heavy (non-hydrogen) atoms. The first-order valence-electron chi connectivity index (χ1n) is 15.3. The Bertz CT molecular complexity index is 1450. The molecule has 11 nitrogen and oxygen atoms in total. The maximum Gasteiger partial charge on any atom is 0.328 e. The van der Waals surface area contributed by atoms with Gasteiger partial charge in [0.05, 0.1) is 17.7 Å². The molecule has 0 heterocycles. The van der Waals surface area contributed by atoms with E-state index in [1.807, 2.05) is 0 Å². The van der Waals surface area contributed by atoms with Crippen LogP contribution in [-0.4, -0.2) is 58.1 Å². The summed E-state index contributed by atoms with van der Waals surface area (Å²) in [7, 11) is 1.18. The number of esters is 1. The second-order valence-corrected chi connectivity index (χ2v) is 13.3. The third-order valence-corrected chi connectivity index (χ3v) is 11.2. The molecule has 0 saturated heterocycles. The van der Waals surface area contributed by atoms with Gasteiger partial charge in [-0.25, -0.2) is 4.79 Å². The third-order valence-electron chi connectivity index (χ3n) is 11.2. The number of aliphatic hydroxyl groups is 1. The predicted octanol–water partition coefficient (Wildman–Crippen LogP) is 4.20. The van der Waals surface area contributed by atoms with Gasteiger partial charge in [-0.05, 0) is 92.2 Å². The van der Waals surface area contributed by atoms with Crippen LogP contribution in [0.3, 0.4) is 0 Å². The second kappa shape index (κ2) is 11.9. The number of amides is 1. The zero-order chi connectivity index (χ0) is 31.9. The molecule has 0 aromatic heterocycles. The summed E-state index contributed by atoms with van der Waals surface area (Å²) < 4.78 is 4.79. The summed E-state index contributed by atoms with van der Waals surface area (Å²) in [6.45, 7) is 4.14. The molecular weight excluding hydrogens is 566 g/mol. The molecule has 4 aliphatic rings. The Labute approximate surface area is 257 Å². The number of rotatable bonds is 8. The lowest BCUT2D eigenvalue weighted by Gasteiger charge is -2.58. The predicted molar refractivity (Wildman–Crippen MR) is 161 cm³/mol. The van der Waals surface area contributed by atoms with Gasteiger partial charge in [-0.15, -0.1) is 6.42 Å². The number of nitro groups is 1. The Morgan fingerprint density at radius 2 is 1.95 bits per heavy atom. The first kappa shape index (κ1) is 31.5. The normalized spacial score (nSPS) is 33.9. The lowest BCUT2D eigenvalue weighted by Crippen LogP contribution is -2.54. The maximum absolute atomic E-state index is 12.6. The minimum absolute atomic E-state index is 0.0501. The summed E-state index contributed by atoms with van der Waals surface area (Å²) in [4.78, 5) is 40.8. The Hall–Kier alpha value is -3.91. The number of carbonyl (C=O) groups is 2. The Morgan fingerprint density at radius 3 is 2.66 bits per heavy atom. The quantitative estimate of drug-likeness (QED) is 0.172. The summed E-state index contributed by atoms with van der Waals surface area (Å²) in [6.07, 6.45) is 15.1. The van der Waals surface area contributed by atoms with E-state index < -0.39 is 46.5 Å². The van der Waals surface area contributed by atoms with Crippen LogP contribution in [0.15, 0.2) is 35.0 Å². The van der Waals surface area contributed by atoms with Crippen molar-refractivity contribution < 1.29 is 34.3 Å². The first-order chi connectivity index (χ1) is 20.8. The van der Waals surface area contributed by atoms with Crippen molar-refractivity contribution in [2.24, 2.45) is 33.7 Å². The van der Waals surface area contributed by atoms with Gasteiger partial charge in [-0.2, -0.15) is 0 Å². The molecule has 0 aliphatic heterocycles. The molecule has 1 amide bonds. The summed E-state index contributed by atoms with van der Waals surface area (Å²) in [6, 6.07) is 2.63. The van der Waals surface area contributed by atoms with Crippen LogP contribution in [0.4, 0.5) is 5.69 Å². The second-order valence-electron chi connectivity index (χ2n) is 13.3. The molecular formula is C33H41N3O8. The van der Waals surface area contributed by atoms with E-state index in [2.05, 4.69) is 36.3 Å². The molecule has 0 radical (unpaired) electrons. The van der Waals surface area contributed by atoms with Crippen LogP contribution < -0.4 is 5.32 Å². The molecule has 236 valence electrons. The van der Waals surface area contributed by atoms with Gasteiger partial charge in [0.1, 0.15) is 11.6 Å². The highest BCUT2D eigenvalue weighted by Gasteiger charge is 2.63. The van der Waals surface area contributed by atoms with Crippen LogP contribution in [0.25, 0.3) is 0 Å². The van der Waals surface area contributed by atoms with Gasteiger partial charge in [0.15, 0.2) is 12.4 Å². The lowest BCUT2D eigenvalue weighted by atomic mass is 9.46. The van der Waals surface area contributed by atoms with E-state index in [-0.39, 0.29) is 17.3 Å². The topological polar surface area (TPSA) is 161 Å². The van der Waals surface area contributed by atoms with Crippen LogP contribution in [0.1, 0.15) is 70.8 Å². The maximum atomic E-state index is 12.6. The standard InChI is InChI=1S/C33H41N3O8/c1-5-33(40)15-12-25-23-8-7-21-18-22(10-13-31(21,2)24(23)11-14-32(25,33)3)35-44-19-29(38)34-26(30(39)43-4)16-20-6-9-28(37)27(17-20)36(41)42/h1,6,9,17-18,23-26,37,40H,7-8,10-16,19H2,2-4H3,(H,34,38)/b35-22+/t23-,24+,25-,26+,31+,32+,33-/m1/s1.